The number of hydrogen-bond donors (Lipinski definition) is 1. The summed E-state index contributed by atoms with van der Waals surface area (Å²) in [6.45, 7) is 2.61. The van der Waals surface area contributed by atoms with Crippen LogP contribution < -0.4 is 5.73 Å². The van der Waals surface area contributed by atoms with Gasteiger partial charge in [-0.3, -0.25) is 4.79 Å². The number of ether oxygens (including phenoxy) is 2. The van der Waals surface area contributed by atoms with Gasteiger partial charge in [-0.2, -0.15) is 0 Å². The molecule has 0 aliphatic carbocycles. The maximum Gasteiger partial charge on any atom is 0.325 e. The van der Waals surface area contributed by atoms with Gasteiger partial charge in [-0.15, -0.1) is 12.4 Å². The number of hydrogen-bond acceptors (Lipinski definition) is 4. The smallest absolute Gasteiger partial charge is 0.325 e. The first-order valence-corrected chi connectivity index (χ1v) is 8.30. The maximum absolute atomic E-state index is 12.1. The van der Waals surface area contributed by atoms with Gasteiger partial charge < -0.3 is 15.2 Å². The van der Waals surface area contributed by atoms with Crippen LogP contribution in [0.3, 0.4) is 0 Å². The van der Waals surface area contributed by atoms with Gasteiger partial charge in [-0.25, -0.2) is 0 Å². The monoisotopic (exact) mass is 361 g/mol. The van der Waals surface area contributed by atoms with Crippen molar-refractivity contribution in [1.82, 2.24) is 0 Å². The van der Waals surface area contributed by atoms with Gasteiger partial charge in [0.05, 0.1) is 13.2 Å². The minimum Gasteiger partial charge on any atom is -0.461 e. The number of carbonyl (C=O) groups is 1. The third-order valence-corrected chi connectivity index (χ3v) is 4.55. The number of cyclic esters (lactones) is 1. The highest BCUT2D eigenvalue weighted by Gasteiger charge is 2.34. The minimum atomic E-state index is -0.738. The minimum absolute atomic E-state index is 0. The Kier molecular flexibility index (Phi) is 7.00. The van der Waals surface area contributed by atoms with Gasteiger partial charge in [-0.05, 0) is 18.1 Å². The SMILES string of the molecule is C[C@@H]1OC(=O)[C@@H](N)COC[C@H](c2ccccc2)[C@H]1c1ccccc1.Cl. The normalized spacial score (nSPS) is 27.2. The zero-order chi connectivity index (χ0) is 16.9. The third kappa shape index (κ3) is 4.60. The van der Waals surface area contributed by atoms with Gasteiger partial charge >= 0.3 is 5.97 Å². The van der Waals surface area contributed by atoms with Gasteiger partial charge in [0.2, 0.25) is 0 Å². The lowest BCUT2D eigenvalue weighted by atomic mass is 9.79. The van der Waals surface area contributed by atoms with Crippen LogP contribution in [0.2, 0.25) is 0 Å². The molecule has 0 amide bonds. The third-order valence-electron chi connectivity index (χ3n) is 4.55. The molecule has 134 valence electrons. The van der Waals surface area contributed by atoms with E-state index in [0.717, 1.165) is 5.56 Å². The fourth-order valence-electron chi connectivity index (χ4n) is 3.35. The summed E-state index contributed by atoms with van der Waals surface area (Å²) < 4.78 is 11.4. The van der Waals surface area contributed by atoms with Crippen LogP contribution in [0.5, 0.6) is 0 Å². The van der Waals surface area contributed by atoms with Crippen LogP contribution in [-0.2, 0) is 14.3 Å². The van der Waals surface area contributed by atoms with Crippen molar-refractivity contribution in [3.8, 4) is 0 Å². The summed E-state index contributed by atoms with van der Waals surface area (Å²) in [5, 5.41) is 0. The second-order valence-electron chi connectivity index (χ2n) is 6.24. The predicted molar refractivity (Wildman–Crippen MR) is 100.0 cm³/mol. The van der Waals surface area contributed by atoms with Crippen molar-refractivity contribution >= 4 is 18.4 Å². The number of nitrogens with two attached hydrogens (primary N) is 1. The fraction of sp³-hybridized carbons (Fsp3) is 0.350. The summed E-state index contributed by atoms with van der Waals surface area (Å²) in [5.41, 5.74) is 8.15. The number of halogens is 1. The van der Waals surface area contributed by atoms with E-state index in [1.165, 1.54) is 5.56 Å². The highest BCUT2D eigenvalue weighted by atomic mass is 35.5. The molecule has 0 saturated carbocycles. The lowest BCUT2D eigenvalue weighted by Gasteiger charge is -2.31. The molecule has 1 fully saturated rings. The number of esters is 1. The molecule has 1 saturated heterocycles. The summed E-state index contributed by atoms with van der Waals surface area (Å²) in [6, 6.07) is 19.6. The van der Waals surface area contributed by atoms with E-state index < -0.39 is 12.0 Å². The first-order valence-electron chi connectivity index (χ1n) is 8.30. The van der Waals surface area contributed by atoms with Crippen LogP contribution >= 0.6 is 12.4 Å². The number of rotatable bonds is 2. The van der Waals surface area contributed by atoms with Crippen molar-refractivity contribution in [3.05, 3.63) is 71.8 Å². The molecule has 5 heteroatoms. The number of carbonyl (C=O) groups excluding carboxylic acids is 1. The highest BCUT2D eigenvalue weighted by molar-refractivity contribution is 5.85. The van der Waals surface area contributed by atoms with Crippen LogP contribution in [-0.4, -0.2) is 31.3 Å². The molecule has 2 N–H and O–H groups in total. The van der Waals surface area contributed by atoms with Crippen molar-refractivity contribution in [3.63, 3.8) is 0 Å². The average molecular weight is 362 g/mol. The molecule has 0 bridgehead atoms. The summed E-state index contributed by atoms with van der Waals surface area (Å²) in [7, 11) is 0. The molecule has 1 aliphatic rings. The van der Waals surface area contributed by atoms with Crippen LogP contribution in [0.1, 0.15) is 29.9 Å². The van der Waals surface area contributed by atoms with Crippen molar-refractivity contribution < 1.29 is 14.3 Å². The fourth-order valence-corrected chi connectivity index (χ4v) is 3.35. The Morgan fingerprint density at radius 2 is 1.48 bits per heavy atom. The molecule has 0 spiro atoms. The Labute approximate surface area is 154 Å². The van der Waals surface area contributed by atoms with E-state index in [0.29, 0.717) is 6.61 Å². The van der Waals surface area contributed by atoms with Crippen LogP contribution in [0.15, 0.2) is 60.7 Å². The van der Waals surface area contributed by atoms with E-state index in [4.69, 9.17) is 15.2 Å². The Bertz CT molecular complexity index is 665. The molecule has 1 aliphatic heterocycles. The molecule has 4 nitrogen and oxygen atoms in total. The quantitative estimate of drug-likeness (QED) is 0.834. The second-order valence-corrected chi connectivity index (χ2v) is 6.24. The Morgan fingerprint density at radius 1 is 0.920 bits per heavy atom. The standard InChI is InChI=1S/C20H23NO3.ClH/c1-14-19(16-10-6-3-7-11-16)17(15-8-4-2-5-9-15)12-23-13-18(21)20(22)24-14;/h2-11,14,17-19H,12-13,21H2,1H3;1H/t14-,17+,18-,19+;/m0./s1. The predicted octanol–water partition coefficient (Wildman–Crippen LogP) is 3.27. The molecule has 0 unspecified atom stereocenters. The zero-order valence-corrected chi connectivity index (χ0v) is 15.0. The van der Waals surface area contributed by atoms with Crippen LogP contribution in [0.4, 0.5) is 0 Å². The molecule has 1 heterocycles. The highest BCUT2D eigenvalue weighted by Crippen LogP contribution is 2.38. The van der Waals surface area contributed by atoms with Crippen molar-refractivity contribution in [2.75, 3.05) is 13.2 Å². The molecule has 2 aromatic carbocycles. The summed E-state index contributed by atoms with van der Waals surface area (Å²) >= 11 is 0. The molecular weight excluding hydrogens is 338 g/mol. The lowest BCUT2D eigenvalue weighted by Crippen LogP contribution is -2.38. The van der Waals surface area contributed by atoms with Gasteiger partial charge in [0, 0.05) is 11.8 Å². The van der Waals surface area contributed by atoms with E-state index in [2.05, 4.69) is 24.3 Å². The molecule has 4 atom stereocenters. The van der Waals surface area contributed by atoms with E-state index in [9.17, 15) is 4.79 Å². The Morgan fingerprint density at radius 3 is 2.08 bits per heavy atom. The first kappa shape index (κ1) is 19.4. The molecule has 0 radical (unpaired) electrons. The van der Waals surface area contributed by atoms with E-state index >= 15 is 0 Å². The Balaban J connectivity index is 0.00000225. The molecular formula is C20H24ClNO3. The van der Waals surface area contributed by atoms with E-state index in [1.54, 1.807) is 0 Å². The lowest BCUT2D eigenvalue weighted by molar-refractivity contribution is -0.151. The molecule has 25 heavy (non-hydrogen) atoms. The average Bonchev–Trinajstić information content (AvgIpc) is 2.66. The van der Waals surface area contributed by atoms with E-state index in [-0.39, 0.29) is 37.0 Å². The van der Waals surface area contributed by atoms with E-state index in [1.807, 2.05) is 43.3 Å². The van der Waals surface area contributed by atoms with Gasteiger partial charge in [-0.1, -0.05) is 60.7 Å². The number of benzene rings is 2. The van der Waals surface area contributed by atoms with Crippen LogP contribution in [0, 0.1) is 0 Å². The zero-order valence-electron chi connectivity index (χ0n) is 14.2. The summed E-state index contributed by atoms with van der Waals surface area (Å²) in [4.78, 5) is 12.1. The molecule has 3 rings (SSSR count). The van der Waals surface area contributed by atoms with Crippen molar-refractivity contribution in [1.29, 1.82) is 0 Å². The topological polar surface area (TPSA) is 61.5 Å². The summed E-state index contributed by atoms with van der Waals surface area (Å²) in [5.74, 6) is -0.318. The molecule has 2 aromatic rings. The van der Waals surface area contributed by atoms with Crippen molar-refractivity contribution in [2.24, 2.45) is 5.73 Å². The van der Waals surface area contributed by atoms with Gasteiger partial charge in [0.1, 0.15) is 12.1 Å². The Hall–Kier alpha value is -1.88. The largest absolute Gasteiger partial charge is 0.461 e. The molecule has 0 aromatic heterocycles. The first-order chi connectivity index (χ1) is 11.7. The van der Waals surface area contributed by atoms with Gasteiger partial charge in [0.15, 0.2) is 0 Å². The van der Waals surface area contributed by atoms with Gasteiger partial charge in [0.25, 0.3) is 0 Å². The second kappa shape index (κ2) is 8.99. The summed E-state index contributed by atoms with van der Waals surface area (Å²) in [6.07, 6.45) is -0.294. The van der Waals surface area contributed by atoms with Crippen molar-refractivity contribution in [2.45, 2.75) is 30.9 Å². The van der Waals surface area contributed by atoms with Crippen LogP contribution in [0.25, 0.3) is 0 Å². The maximum atomic E-state index is 12.1.